The lowest BCUT2D eigenvalue weighted by Gasteiger charge is -2.32. The van der Waals surface area contributed by atoms with Gasteiger partial charge in [0.25, 0.3) is 11.5 Å². The molecular formula is C24H23FN6O3. The molecule has 1 saturated heterocycles. The Balaban J connectivity index is 1.41. The van der Waals surface area contributed by atoms with Crippen molar-refractivity contribution in [3.63, 3.8) is 0 Å². The van der Waals surface area contributed by atoms with E-state index in [1.807, 2.05) is 0 Å². The second-order valence-electron chi connectivity index (χ2n) is 8.32. The van der Waals surface area contributed by atoms with Crippen LogP contribution in [0.3, 0.4) is 0 Å². The molecule has 0 aliphatic carbocycles. The number of carbonyl (C=O) groups is 1. The monoisotopic (exact) mass is 462 g/mol. The van der Waals surface area contributed by atoms with Crippen molar-refractivity contribution in [1.82, 2.24) is 29.9 Å². The highest BCUT2D eigenvalue weighted by atomic mass is 19.1. The zero-order valence-corrected chi connectivity index (χ0v) is 18.6. The number of hydrogen-bond acceptors (Lipinski definition) is 6. The average molecular weight is 462 g/mol. The zero-order chi connectivity index (χ0) is 23.7. The van der Waals surface area contributed by atoms with Crippen LogP contribution in [-0.2, 0) is 6.54 Å². The molecule has 1 N–H and O–H groups in total. The van der Waals surface area contributed by atoms with Gasteiger partial charge >= 0.3 is 0 Å². The van der Waals surface area contributed by atoms with Crippen LogP contribution in [0.25, 0.3) is 11.2 Å². The van der Waals surface area contributed by atoms with Crippen molar-refractivity contribution >= 4 is 17.1 Å². The number of nitrogens with zero attached hydrogens (tertiary/aromatic N) is 5. The Morgan fingerprint density at radius 3 is 2.85 bits per heavy atom. The first-order valence-corrected chi connectivity index (χ1v) is 11.0. The maximum absolute atomic E-state index is 13.2. The van der Waals surface area contributed by atoms with Crippen molar-refractivity contribution in [2.24, 2.45) is 0 Å². The Labute approximate surface area is 194 Å². The number of hydrogen-bond donors (Lipinski definition) is 1. The molecule has 2 aromatic heterocycles. The van der Waals surface area contributed by atoms with Crippen LogP contribution in [0.15, 0.2) is 53.3 Å². The number of methoxy groups -OCH3 is 1. The molecule has 1 aliphatic heterocycles. The number of aromatic nitrogens is 5. The number of likely N-dealkylation sites (tertiary alicyclic amines) is 1. The van der Waals surface area contributed by atoms with E-state index in [1.54, 1.807) is 48.4 Å². The molecule has 0 spiro atoms. The Morgan fingerprint density at radius 1 is 1.24 bits per heavy atom. The minimum Gasteiger partial charge on any atom is -0.497 e. The van der Waals surface area contributed by atoms with Gasteiger partial charge in [-0.1, -0.05) is 23.4 Å². The number of piperidine rings is 1. The number of fused-ring (bicyclic) bond motifs is 1. The summed E-state index contributed by atoms with van der Waals surface area (Å²) in [4.78, 5) is 35.1. The van der Waals surface area contributed by atoms with Gasteiger partial charge in [-0.05, 0) is 48.7 Å². The van der Waals surface area contributed by atoms with Crippen LogP contribution >= 0.6 is 0 Å². The quantitative estimate of drug-likeness (QED) is 0.489. The van der Waals surface area contributed by atoms with Gasteiger partial charge in [0.2, 0.25) is 0 Å². The number of benzene rings is 2. The zero-order valence-electron chi connectivity index (χ0n) is 18.6. The molecule has 1 atom stereocenters. The molecule has 1 unspecified atom stereocenters. The van der Waals surface area contributed by atoms with Crippen molar-refractivity contribution in [3.8, 4) is 5.75 Å². The summed E-state index contributed by atoms with van der Waals surface area (Å²) in [7, 11) is 1.56. The SMILES string of the molecule is COc1cccc(C(=O)N2CCCC(c3nc4c(nnn4Cc4ccc(F)cc4)c(=O)[nH]3)C2)c1. The average Bonchev–Trinajstić information content (AvgIpc) is 3.28. The fraction of sp³-hybridized carbons (Fsp3) is 0.292. The number of carbonyl (C=O) groups excluding carboxylic acids is 1. The van der Waals surface area contributed by atoms with Crippen LogP contribution < -0.4 is 10.3 Å². The summed E-state index contributed by atoms with van der Waals surface area (Å²) in [6.45, 7) is 1.37. The number of ether oxygens (including phenoxy) is 1. The molecule has 0 saturated carbocycles. The number of amides is 1. The smallest absolute Gasteiger partial charge is 0.281 e. The summed E-state index contributed by atoms with van der Waals surface area (Å²) in [6, 6.07) is 13.1. The summed E-state index contributed by atoms with van der Waals surface area (Å²) < 4.78 is 20.0. The third-order valence-corrected chi connectivity index (χ3v) is 6.05. The first kappa shape index (κ1) is 21.7. The Kier molecular flexibility index (Phi) is 5.79. The first-order chi connectivity index (χ1) is 16.5. The van der Waals surface area contributed by atoms with Crippen LogP contribution in [-0.4, -0.2) is 56.0 Å². The highest BCUT2D eigenvalue weighted by Gasteiger charge is 2.28. The van der Waals surface area contributed by atoms with Crippen molar-refractivity contribution in [1.29, 1.82) is 0 Å². The van der Waals surface area contributed by atoms with Gasteiger partial charge in [-0.15, -0.1) is 5.10 Å². The third kappa shape index (κ3) is 4.26. The van der Waals surface area contributed by atoms with E-state index in [4.69, 9.17) is 4.74 Å². The molecular weight excluding hydrogens is 439 g/mol. The van der Waals surface area contributed by atoms with Crippen molar-refractivity contribution in [2.75, 3.05) is 20.2 Å². The first-order valence-electron chi connectivity index (χ1n) is 11.0. The number of aromatic amines is 1. The van der Waals surface area contributed by atoms with Gasteiger partial charge < -0.3 is 14.6 Å². The van der Waals surface area contributed by atoms with Crippen molar-refractivity contribution in [2.45, 2.75) is 25.3 Å². The van der Waals surface area contributed by atoms with E-state index in [1.165, 1.54) is 16.8 Å². The molecule has 1 fully saturated rings. The highest BCUT2D eigenvalue weighted by molar-refractivity contribution is 5.94. The van der Waals surface area contributed by atoms with E-state index in [-0.39, 0.29) is 28.7 Å². The number of H-pyrrole nitrogens is 1. The van der Waals surface area contributed by atoms with Gasteiger partial charge in [-0.2, -0.15) is 0 Å². The second-order valence-corrected chi connectivity index (χ2v) is 8.32. The van der Waals surface area contributed by atoms with Gasteiger partial charge in [-0.25, -0.2) is 14.1 Å². The fourth-order valence-electron chi connectivity index (χ4n) is 4.27. The second kappa shape index (κ2) is 9.05. The molecule has 0 radical (unpaired) electrons. The van der Waals surface area contributed by atoms with Gasteiger partial charge in [-0.3, -0.25) is 9.59 Å². The maximum Gasteiger partial charge on any atom is 0.281 e. The predicted molar refractivity (Wildman–Crippen MR) is 122 cm³/mol. The molecule has 10 heteroatoms. The number of nitrogens with one attached hydrogen (secondary N) is 1. The molecule has 9 nitrogen and oxygen atoms in total. The molecule has 5 rings (SSSR count). The summed E-state index contributed by atoms with van der Waals surface area (Å²) in [5, 5.41) is 8.05. The minimum atomic E-state index is -0.374. The lowest BCUT2D eigenvalue weighted by molar-refractivity contribution is 0.0704. The number of halogens is 1. The molecule has 3 heterocycles. The molecule has 2 aromatic carbocycles. The Bertz CT molecular complexity index is 1400. The molecule has 0 bridgehead atoms. The summed E-state index contributed by atoms with van der Waals surface area (Å²) in [6.07, 6.45) is 1.57. The molecule has 1 amide bonds. The Hall–Kier alpha value is -4.08. The van der Waals surface area contributed by atoms with Crippen LogP contribution in [0, 0.1) is 5.82 Å². The maximum atomic E-state index is 13.2. The largest absolute Gasteiger partial charge is 0.497 e. The van der Waals surface area contributed by atoms with Gasteiger partial charge in [0.05, 0.1) is 13.7 Å². The molecule has 34 heavy (non-hydrogen) atoms. The van der Waals surface area contributed by atoms with E-state index >= 15 is 0 Å². The van der Waals surface area contributed by atoms with Crippen LogP contribution in [0.4, 0.5) is 4.39 Å². The van der Waals surface area contributed by atoms with E-state index in [9.17, 15) is 14.0 Å². The molecule has 4 aromatic rings. The Morgan fingerprint density at radius 2 is 2.06 bits per heavy atom. The normalized spacial score (nSPS) is 16.1. The lowest BCUT2D eigenvalue weighted by atomic mass is 9.96. The predicted octanol–water partition coefficient (Wildman–Crippen LogP) is 2.73. The summed E-state index contributed by atoms with van der Waals surface area (Å²) in [5.41, 5.74) is 1.50. The summed E-state index contributed by atoms with van der Waals surface area (Å²) >= 11 is 0. The lowest BCUT2D eigenvalue weighted by Crippen LogP contribution is -2.40. The van der Waals surface area contributed by atoms with Gasteiger partial charge in [0.1, 0.15) is 17.4 Å². The minimum absolute atomic E-state index is 0.0879. The van der Waals surface area contributed by atoms with Crippen molar-refractivity contribution < 1.29 is 13.9 Å². The van der Waals surface area contributed by atoms with E-state index < -0.39 is 0 Å². The van der Waals surface area contributed by atoms with E-state index in [2.05, 4.69) is 20.3 Å². The molecule has 1 aliphatic rings. The van der Waals surface area contributed by atoms with Crippen LogP contribution in [0.1, 0.15) is 40.5 Å². The molecule has 174 valence electrons. The van der Waals surface area contributed by atoms with E-state index in [0.717, 1.165) is 18.4 Å². The van der Waals surface area contributed by atoms with Gasteiger partial charge in [0, 0.05) is 24.6 Å². The van der Waals surface area contributed by atoms with Gasteiger partial charge in [0.15, 0.2) is 11.2 Å². The third-order valence-electron chi connectivity index (χ3n) is 6.05. The number of rotatable bonds is 5. The summed E-state index contributed by atoms with van der Waals surface area (Å²) in [5.74, 6) is 0.583. The fourth-order valence-corrected chi connectivity index (χ4v) is 4.27. The van der Waals surface area contributed by atoms with E-state index in [0.29, 0.717) is 42.4 Å². The van der Waals surface area contributed by atoms with Crippen molar-refractivity contribution in [3.05, 3.63) is 81.7 Å². The standard InChI is InChI=1S/C24H23FN6O3/c1-34-19-6-2-4-16(12-19)24(33)30-11-3-5-17(14-30)21-26-22-20(23(32)27-21)28-29-31(22)13-15-7-9-18(25)10-8-15/h2,4,6-10,12,17H,3,5,11,13-14H2,1H3,(H,26,27,32). The van der Waals surface area contributed by atoms with Crippen LogP contribution in [0.5, 0.6) is 5.75 Å². The highest BCUT2D eigenvalue weighted by Crippen LogP contribution is 2.26. The van der Waals surface area contributed by atoms with Crippen LogP contribution in [0.2, 0.25) is 0 Å². The topological polar surface area (TPSA) is 106 Å².